The first-order valence-corrected chi connectivity index (χ1v) is 8.90. The molecule has 2 amide bonds. The van der Waals surface area contributed by atoms with Crippen LogP contribution in [-0.2, 0) is 4.79 Å². The third kappa shape index (κ3) is 3.29. The molecule has 21 heavy (non-hydrogen) atoms. The molecule has 118 valence electrons. The number of hydrogen-bond donors (Lipinski definition) is 1. The molecule has 0 aromatic heterocycles. The molecule has 7 heteroatoms. The molecule has 0 aromatic rings. The van der Waals surface area contributed by atoms with E-state index < -0.39 is 5.97 Å². The number of nitrogens with zero attached hydrogens (tertiary/aromatic N) is 3. The number of carboxylic acid groups (broad SMARTS) is 1. The fraction of sp³-hybridized carbons (Fsp3) is 0.857. The highest BCUT2D eigenvalue weighted by atomic mass is 32.2. The van der Waals surface area contributed by atoms with E-state index in [1.165, 1.54) is 12.8 Å². The minimum absolute atomic E-state index is 0.0492. The van der Waals surface area contributed by atoms with Crippen molar-refractivity contribution in [1.82, 2.24) is 14.7 Å². The maximum atomic E-state index is 12.8. The summed E-state index contributed by atoms with van der Waals surface area (Å²) in [7, 11) is 0. The Balaban J connectivity index is 1.63. The van der Waals surface area contributed by atoms with E-state index in [2.05, 4.69) is 4.90 Å². The summed E-state index contributed by atoms with van der Waals surface area (Å²) in [5.74, 6) is 0.827. The zero-order chi connectivity index (χ0) is 14.8. The molecule has 0 aliphatic carbocycles. The minimum atomic E-state index is -0.819. The average Bonchev–Trinajstić information content (AvgIpc) is 2.94. The van der Waals surface area contributed by atoms with Crippen LogP contribution in [-0.4, -0.2) is 88.1 Å². The van der Waals surface area contributed by atoms with E-state index in [1.54, 1.807) is 16.7 Å². The second kappa shape index (κ2) is 6.44. The SMILES string of the molecule is O=C(O)CC1CSCCN1C(=O)N1CCN2CCCC2C1. The van der Waals surface area contributed by atoms with Crippen molar-refractivity contribution in [3.8, 4) is 0 Å². The van der Waals surface area contributed by atoms with Crippen molar-refractivity contribution in [2.45, 2.75) is 31.3 Å². The third-order valence-corrected chi connectivity index (χ3v) is 5.83. The Kier molecular flexibility index (Phi) is 4.59. The first-order valence-electron chi connectivity index (χ1n) is 7.74. The lowest BCUT2D eigenvalue weighted by atomic mass is 10.1. The summed E-state index contributed by atoms with van der Waals surface area (Å²) in [5, 5.41) is 9.03. The molecule has 3 aliphatic heterocycles. The molecule has 0 spiro atoms. The summed E-state index contributed by atoms with van der Waals surface area (Å²) in [6.07, 6.45) is 2.47. The number of aliphatic carboxylic acids is 1. The number of piperazine rings is 1. The number of carbonyl (C=O) groups is 2. The zero-order valence-corrected chi connectivity index (χ0v) is 13.1. The van der Waals surface area contributed by atoms with Gasteiger partial charge in [-0.1, -0.05) is 0 Å². The number of fused-ring (bicyclic) bond motifs is 1. The summed E-state index contributed by atoms with van der Waals surface area (Å²) in [6, 6.07) is 0.406. The van der Waals surface area contributed by atoms with Gasteiger partial charge in [0.1, 0.15) is 0 Å². The Bertz CT molecular complexity index is 420. The van der Waals surface area contributed by atoms with Gasteiger partial charge in [-0.25, -0.2) is 4.79 Å². The van der Waals surface area contributed by atoms with Gasteiger partial charge in [0.2, 0.25) is 0 Å². The first-order chi connectivity index (χ1) is 10.1. The van der Waals surface area contributed by atoms with Gasteiger partial charge >= 0.3 is 12.0 Å². The molecular formula is C14H23N3O3S. The lowest BCUT2D eigenvalue weighted by Crippen LogP contribution is -2.58. The van der Waals surface area contributed by atoms with E-state index in [9.17, 15) is 9.59 Å². The molecule has 2 atom stereocenters. The Morgan fingerprint density at radius 3 is 2.86 bits per heavy atom. The highest BCUT2D eigenvalue weighted by Crippen LogP contribution is 2.25. The molecule has 0 saturated carbocycles. The van der Waals surface area contributed by atoms with Gasteiger partial charge in [-0.2, -0.15) is 11.8 Å². The number of carboxylic acids is 1. The highest BCUT2D eigenvalue weighted by molar-refractivity contribution is 7.99. The maximum Gasteiger partial charge on any atom is 0.320 e. The maximum absolute atomic E-state index is 12.8. The van der Waals surface area contributed by atoms with Gasteiger partial charge in [0.15, 0.2) is 0 Å². The van der Waals surface area contributed by atoms with Crippen molar-refractivity contribution in [2.75, 3.05) is 44.2 Å². The predicted molar refractivity (Wildman–Crippen MR) is 81.6 cm³/mol. The molecule has 3 heterocycles. The van der Waals surface area contributed by atoms with Crippen molar-refractivity contribution in [3.63, 3.8) is 0 Å². The topological polar surface area (TPSA) is 64.1 Å². The molecule has 3 rings (SSSR count). The van der Waals surface area contributed by atoms with Gasteiger partial charge in [-0.05, 0) is 19.4 Å². The molecule has 3 saturated heterocycles. The third-order valence-electron chi connectivity index (χ3n) is 4.74. The normalized spacial score (nSPS) is 30.3. The van der Waals surface area contributed by atoms with Crippen LogP contribution in [0.1, 0.15) is 19.3 Å². The molecule has 0 bridgehead atoms. The van der Waals surface area contributed by atoms with Crippen molar-refractivity contribution < 1.29 is 14.7 Å². The Labute approximate surface area is 129 Å². The quantitative estimate of drug-likeness (QED) is 0.816. The van der Waals surface area contributed by atoms with Crippen molar-refractivity contribution >= 4 is 23.8 Å². The van der Waals surface area contributed by atoms with Crippen LogP contribution >= 0.6 is 11.8 Å². The smallest absolute Gasteiger partial charge is 0.320 e. The molecule has 0 radical (unpaired) electrons. The number of hydrogen-bond acceptors (Lipinski definition) is 4. The summed E-state index contributed by atoms with van der Waals surface area (Å²) in [5.41, 5.74) is 0. The van der Waals surface area contributed by atoms with Crippen LogP contribution in [0.4, 0.5) is 4.79 Å². The van der Waals surface area contributed by atoms with Crippen LogP contribution < -0.4 is 0 Å². The van der Waals surface area contributed by atoms with Gasteiger partial charge in [-0.3, -0.25) is 9.69 Å². The molecule has 1 N–H and O–H groups in total. The summed E-state index contributed by atoms with van der Waals surface area (Å²) in [6.45, 7) is 4.38. The number of carbonyl (C=O) groups excluding carboxylic acids is 1. The predicted octanol–water partition coefficient (Wildman–Crippen LogP) is 0.779. The van der Waals surface area contributed by atoms with Crippen LogP contribution in [0.2, 0.25) is 0 Å². The zero-order valence-electron chi connectivity index (χ0n) is 12.2. The van der Waals surface area contributed by atoms with Crippen LogP contribution in [0.3, 0.4) is 0 Å². The molecule has 2 unspecified atom stereocenters. The first kappa shape index (κ1) is 15.0. The second-order valence-corrected chi connectivity index (χ2v) is 7.23. The van der Waals surface area contributed by atoms with Gasteiger partial charge in [0.05, 0.1) is 12.5 Å². The van der Waals surface area contributed by atoms with Crippen molar-refractivity contribution in [1.29, 1.82) is 0 Å². The lowest BCUT2D eigenvalue weighted by molar-refractivity contribution is -0.138. The Morgan fingerprint density at radius 1 is 1.19 bits per heavy atom. The molecule has 6 nitrogen and oxygen atoms in total. The van der Waals surface area contributed by atoms with Gasteiger partial charge in [0.25, 0.3) is 0 Å². The fourth-order valence-corrected chi connectivity index (χ4v) is 4.69. The number of rotatable bonds is 2. The summed E-state index contributed by atoms with van der Waals surface area (Å²) >= 11 is 1.74. The molecular weight excluding hydrogens is 290 g/mol. The highest BCUT2D eigenvalue weighted by Gasteiger charge is 2.37. The lowest BCUT2D eigenvalue weighted by Gasteiger charge is -2.42. The van der Waals surface area contributed by atoms with Crippen molar-refractivity contribution in [3.05, 3.63) is 0 Å². The number of thioether (sulfide) groups is 1. The van der Waals surface area contributed by atoms with E-state index in [-0.39, 0.29) is 18.5 Å². The van der Waals surface area contributed by atoms with E-state index >= 15 is 0 Å². The summed E-state index contributed by atoms with van der Waals surface area (Å²) in [4.78, 5) is 30.0. The van der Waals surface area contributed by atoms with Gasteiger partial charge in [0, 0.05) is 43.7 Å². The van der Waals surface area contributed by atoms with E-state index in [4.69, 9.17) is 5.11 Å². The van der Waals surface area contributed by atoms with E-state index in [1.807, 2.05) is 4.90 Å². The number of urea groups is 1. The average molecular weight is 313 g/mol. The van der Waals surface area contributed by atoms with E-state index in [0.29, 0.717) is 12.6 Å². The Hall–Kier alpha value is -0.950. The molecule has 3 fully saturated rings. The monoisotopic (exact) mass is 313 g/mol. The van der Waals surface area contributed by atoms with Crippen LogP contribution in [0.25, 0.3) is 0 Å². The fourth-order valence-electron chi connectivity index (χ4n) is 3.62. The van der Waals surface area contributed by atoms with Gasteiger partial charge < -0.3 is 14.9 Å². The summed E-state index contributed by atoms with van der Waals surface area (Å²) < 4.78 is 0. The standard InChI is InChI=1S/C14H23N3O3S/c18-13(19)8-12-10-21-7-6-17(12)14(20)16-5-4-15-3-1-2-11(15)9-16/h11-12H,1-10H2,(H,18,19). The van der Waals surface area contributed by atoms with Crippen LogP contribution in [0.5, 0.6) is 0 Å². The second-order valence-electron chi connectivity index (χ2n) is 6.08. The van der Waals surface area contributed by atoms with Gasteiger partial charge in [-0.15, -0.1) is 0 Å². The number of amides is 2. The molecule has 3 aliphatic rings. The molecule has 0 aromatic carbocycles. The van der Waals surface area contributed by atoms with Crippen molar-refractivity contribution in [2.24, 2.45) is 0 Å². The van der Waals surface area contributed by atoms with Crippen LogP contribution in [0.15, 0.2) is 0 Å². The van der Waals surface area contributed by atoms with E-state index in [0.717, 1.165) is 37.7 Å². The Morgan fingerprint density at radius 2 is 2.05 bits per heavy atom. The van der Waals surface area contributed by atoms with Crippen LogP contribution in [0, 0.1) is 0 Å². The largest absolute Gasteiger partial charge is 0.481 e. The minimum Gasteiger partial charge on any atom is -0.481 e.